The number of carbonyl (C=O) groups is 1. The number of aromatic nitrogens is 2. The molecule has 4 heteroatoms. The van der Waals surface area contributed by atoms with Gasteiger partial charge in [-0.1, -0.05) is 20.8 Å². The molecule has 1 aromatic heterocycles. The predicted octanol–water partition coefficient (Wildman–Crippen LogP) is 2.83. The molecule has 0 spiro atoms. The van der Waals surface area contributed by atoms with E-state index in [-0.39, 0.29) is 17.4 Å². The van der Waals surface area contributed by atoms with Crippen molar-refractivity contribution >= 4 is 5.91 Å². The third kappa shape index (κ3) is 2.74. The molecule has 0 aliphatic heterocycles. The Kier molecular flexibility index (Phi) is 3.46. The quantitative estimate of drug-likeness (QED) is 0.872. The van der Waals surface area contributed by atoms with Crippen LogP contribution < -0.4 is 5.32 Å². The second-order valence-electron chi connectivity index (χ2n) is 5.92. The number of nitrogens with one attached hydrogen (secondary N) is 1. The number of carbonyl (C=O) groups excluding carboxylic acids is 1. The van der Waals surface area contributed by atoms with Gasteiger partial charge in [-0.15, -0.1) is 0 Å². The van der Waals surface area contributed by atoms with Crippen molar-refractivity contribution in [1.29, 1.82) is 0 Å². The van der Waals surface area contributed by atoms with Gasteiger partial charge in [-0.25, -0.2) is 0 Å². The number of hydrogen-bond acceptors (Lipinski definition) is 2. The Balaban J connectivity index is 1.98. The van der Waals surface area contributed by atoms with E-state index in [0.29, 0.717) is 6.04 Å². The monoisotopic (exact) mass is 249 g/mol. The van der Waals surface area contributed by atoms with Crippen molar-refractivity contribution < 1.29 is 4.79 Å². The molecule has 2 rings (SSSR count). The molecule has 1 unspecified atom stereocenters. The highest BCUT2D eigenvalue weighted by Gasteiger charge is 2.28. The lowest BCUT2D eigenvalue weighted by Gasteiger charge is -2.24. The van der Waals surface area contributed by atoms with Gasteiger partial charge < -0.3 is 5.32 Å². The molecular weight excluding hydrogens is 226 g/mol. The molecule has 0 radical (unpaired) electrons. The van der Waals surface area contributed by atoms with Gasteiger partial charge in [0.15, 0.2) is 0 Å². The summed E-state index contributed by atoms with van der Waals surface area (Å²) in [5.74, 6) is 0.108. The Morgan fingerprint density at radius 2 is 2.28 bits per heavy atom. The summed E-state index contributed by atoms with van der Waals surface area (Å²) in [6.45, 7) is 8.00. The maximum atomic E-state index is 12.1. The van der Waals surface area contributed by atoms with E-state index in [0.717, 1.165) is 12.0 Å². The van der Waals surface area contributed by atoms with Crippen molar-refractivity contribution in [1.82, 2.24) is 15.1 Å². The summed E-state index contributed by atoms with van der Waals surface area (Å²) in [5, 5.41) is 7.42. The van der Waals surface area contributed by atoms with Gasteiger partial charge in [-0.05, 0) is 26.2 Å². The molecular formula is C14H23N3O. The Hall–Kier alpha value is -1.32. The molecule has 1 aliphatic carbocycles. The predicted molar refractivity (Wildman–Crippen MR) is 71.1 cm³/mol. The van der Waals surface area contributed by atoms with Crippen LogP contribution in [0.4, 0.5) is 0 Å². The van der Waals surface area contributed by atoms with Gasteiger partial charge in [0.2, 0.25) is 5.91 Å². The minimum atomic E-state index is -0.305. The maximum absolute atomic E-state index is 12.1. The third-order valence-electron chi connectivity index (χ3n) is 3.89. The Bertz CT molecular complexity index is 432. The van der Waals surface area contributed by atoms with E-state index < -0.39 is 0 Å². The number of hydrogen-bond donors (Lipinski definition) is 1. The van der Waals surface area contributed by atoms with Gasteiger partial charge in [-0.3, -0.25) is 9.48 Å². The van der Waals surface area contributed by atoms with Crippen LogP contribution in [0.5, 0.6) is 0 Å². The van der Waals surface area contributed by atoms with Crippen molar-refractivity contribution in [2.75, 3.05) is 0 Å². The SMILES string of the molecule is CCC(C)(C)C(=O)NC(C)c1cnn(C2CC2)c1. The molecule has 100 valence electrons. The molecule has 1 fully saturated rings. The summed E-state index contributed by atoms with van der Waals surface area (Å²) >= 11 is 0. The highest BCUT2D eigenvalue weighted by Crippen LogP contribution is 2.34. The van der Waals surface area contributed by atoms with Gasteiger partial charge >= 0.3 is 0 Å². The van der Waals surface area contributed by atoms with Crippen molar-refractivity contribution in [3.05, 3.63) is 18.0 Å². The molecule has 4 nitrogen and oxygen atoms in total. The zero-order valence-electron chi connectivity index (χ0n) is 11.7. The standard InChI is InChI=1S/C14H23N3O/c1-5-14(3,4)13(18)16-10(2)11-8-15-17(9-11)12-6-7-12/h8-10,12H,5-7H2,1-4H3,(H,16,18). The molecule has 1 amide bonds. The number of nitrogens with zero attached hydrogens (tertiary/aromatic N) is 2. The normalized spacial score (nSPS) is 17.6. The van der Waals surface area contributed by atoms with Crippen molar-refractivity contribution in [3.8, 4) is 0 Å². The zero-order chi connectivity index (χ0) is 13.3. The zero-order valence-corrected chi connectivity index (χ0v) is 11.7. The number of amides is 1. The van der Waals surface area contributed by atoms with Crippen molar-refractivity contribution in [2.45, 2.75) is 59.0 Å². The Labute approximate surface area is 109 Å². The topological polar surface area (TPSA) is 46.9 Å². The summed E-state index contributed by atoms with van der Waals surface area (Å²) in [5.41, 5.74) is 0.781. The fraction of sp³-hybridized carbons (Fsp3) is 0.714. The van der Waals surface area contributed by atoms with E-state index in [1.807, 2.05) is 38.6 Å². The van der Waals surface area contributed by atoms with E-state index in [1.54, 1.807) is 0 Å². The van der Waals surface area contributed by atoms with Gasteiger partial charge in [0.1, 0.15) is 0 Å². The lowest BCUT2D eigenvalue weighted by molar-refractivity contribution is -0.130. The van der Waals surface area contributed by atoms with E-state index in [2.05, 4.69) is 16.6 Å². The summed E-state index contributed by atoms with van der Waals surface area (Å²) in [7, 11) is 0. The van der Waals surface area contributed by atoms with Crippen LogP contribution in [0.15, 0.2) is 12.4 Å². The highest BCUT2D eigenvalue weighted by atomic mass is 16.2. The van der Waals surface area contributed by atoms with E-state index >= 15 is 0 Å². The first-order valence-corrected chi connectivity index (χ1v) is 6.79. The van der Waals surface area contributed by atoms with Crippen molar-refractivity contribution in [2.24, 2.45) is 5.41 Å². The highest BCUT2D eigenvalue weighted by molar-refractivity contribution is 5.82. The fourth-order valence-corrected chi connectivity index (χ4v) is 1.75. The molecule has 1 aliphatic rings. The largest absolute Gasteiger partial charge is 0.349 e. The average Bonchev–Trinajstić information content (AvgIpc) is 3.06. The van der Waals surface area contributed by atoms with Crippen LogP contribution >= 0.6 is 0 Å². The lowest BCUT2D eigenvalue weighted by Crippen LogP contribution is -2.37. The van der Waals surface area contributed by atoms with Crippen LogP contribution in [0, 0.1) is 5.41 Å². The molecule has 1 saturated carbocycles. The van der Waals surface area contributed by atoms with E-state index in [4.69, 9.17) is 0 Å². The molecule has 1 aromatic rings. The Morgan fingerprint density at radius 3 is 2.83 bits per heavy atom. The molecule has 1 atom stereocenters. The van der Waals surface area contributed by atoms with Crippen LogP contribution in [0.3, 0.4) is 0 Å². The van der Waals surface area contributed by atoms with Crippen LogP contribution in [0.1, 0.15) is 64.6 Å². The van der Waals surface area contributed by atoms with E-state index in [1.165, 1.54) is 12.8 Å². The summed E-state index contributed by atoms with van der Waals surface area (Å²) in [6.07, 6.45) is 7.21. The van der Waals surface area contributed by atoms with Gasteiger partial charge in [-0.2, -0.15) is 5.10 Å². The lowest BCUT2D eigenvalue weighted by atomic mass is 9.89. The van der Waals surface area contributed by atoms with Gasteiger partial charge in [0, 0.05) is 17.2 Å². The molecule has 0 bridgehead atoms. The molecule has 0 aromatic carbocycles. The van der Waals surface area contributed by atoms with E-state index in [9.17, 15) is 4.79 Å². The van der Waals surface area contributed by atoms with Crippen LogP contribution in [0.2, 0.25) is 0 Å². The average molecular weight is 249 g/mol. The fourth-order valence-electron chi connectivity index (χ4n) is 1.75. The summed E-state index contributed by atoms with van der Waals surface area (Å²) in [6, 6.07) is 0.615. The van der Waals surface area contributed by atoms with Gasteiger partial charge in [0.25, 0.3) is 0 Å². The third-order valence-corrected chi connectivity index (χ3v) is 3.89. The Morgan fingerprint density at radius 1 is 1.61 bits per heavy atom. The first-order valence-electron chi connectivity index (χ1n) is 6.79. The minimum Gasteiger partial charge on any atom is -0.349 e. The molecule has 1 heterocycles. The first kappa shape index (κ1) is 13.1. The second-order valence-corrected chi connectivity index (χ2v) is 5.92. The molecule has 18 heavy (non-hydrogen) atoms. The van der Waals surface area contributed by atoms with Crippen LogP contribution in [0.25, 0.3) is 0 Å². The molecule has 0 saturated heterocycles. The molecule has 1 N–H and O–H groups in total. The second kappa shape index (κ2) is 4.75. The summed E-state index contributed by atoms with van der Waals surface area (Å²) < 4.78 is 2.02. The number of rotatable bonds is 5. The maximum Gasteiger partial charge on any atom is 0.226 e. The smallest absolute Gasteiger partial charge is 0.226 e. The first-order chi connectivity index (χ1) is 8.44. The van der Waals surface area contributed by atoms with Gasteiger partial charge in [0.05, 0.1) is 18.3 Å². The van der Waals surface area contributed by atoms with Crippen LogP contribution in [-0.2, 0) is 4.79 Å². The van der Waals surface area contributed by atoms with Crippen molar-refractivity contribution in [3.63, 3.8) is 0 Å². The minimum absolute atomic E-state index is 0.0239. The summed E-state index contributed by atoms with van der Waals surface area (Å²) in [4.78, 5) is 12.1. The van der Waals surface area contributed by atoms with Crippen LogP contribution in [-0.4, -0.2) is 15.7 Å².